The molecule has 0 spiro atoms. The van der Waals surface area contributed by atoms with Gasteiger partial charge in [0.25, 0.3) is 0 Å². The number of benzene rings is 1. The molecular weight excluding hydrogens is 258 g/mol. The first-order valence-corrected chi connectivity index (χ1v) is 8.45. The fourth-order valence-electron chi connectivity index (χ4n) is 3.30. The lowest BCUT2D eigenvalue weighted by molar-refractivity contribution is 0.194. The molecule has 0 bridgehead atoms. The quantitative estimate of drug-likeness (QED) is 0.897. The van der Waals surface area contributed by atoms with E-state index in [4.69, 9.17) is 0 Å². The van der Waals surface area contributed by atoms with Crippen molar-refractivity contribution in [1.29, 1.82) is 0 Å². The van der Waals surface area contributed by atoms with E-state index in [1.165, 1.54) is 50.0 Å². The molecule has 1 aliphatic heterocycles. The molecule has 3 nitrogen and oxygen atoms in total. The predicted octanol–water partition coefficient (Wildman–Crippen LogP) is 2.46. The highest BCUT2D eigenvalue weighted by Crippen LogP contribution is 2.21. The van der Waals surface area contributed by atoms with Crippen molar-refractivity contribution in [3.8, 4) is 0 Å². The van der Waals surface area contributed by atoms with E-state index in [0.29, 0.717) is 6.04 Å². The topological polar surface area (TPSA) is 18.5 Å². The SMILES string of the molecule is CC1CN(C)CCCN1Cc1ccccc1CNC1CC1. The molecule has 0 amide bonds. The number of nitrogens with zero attached hydrogens (tertiary/aromatic N) is 2. The highest BCUT2D eigenvalue weighted by Gasteiger charge is 2.22. The summed E-state index contributed by atoms with van der Waals surface area (Å²) in [5.74, 6) is 0. The Hall–Kier alpha value is -0.900. The van der Waals surface area contributed by atoms with Crippen LogP contribution in [0.15, 0.2) is 24.3 Å². The van der Waals surface area contributed by atoms with Gasteiger partial charge in [0.1, 0.15) is 0 Å². The van der Waals surface area contributed by atoms with Crippen LogP contribution < -0.4 is 5.32 Å². The van der Waals surface area contributed by atoms with E-state index in [1.807, 2.05) is 0 Å². The number of hydrogen-bond acceptors (Lipinski definition) is 3. The van der Waals surface area contributed by atoms with E-state index in [9.17, 15) is 0 Å². The minimum Gasteiger partial charge on any atom is -0.310 e. The fraction of sp³-hybridized carbons (Fsp3) is 0.667. The van der Waals surface area contributed by atoms with Crippen molar-refractivity contribution in [2.75, 3.05) is 26.7 Å². The van der Waals surface area contributed by atoms with Crippen LogP contribution in [0, 0.1) is 0 Å². The van der Waals surface area contributed by atoms with Crippen molar-refractivity contribution >= 4 is 0 Å². The van der Waals surface area contributed by atoms with Crippen molar-refractivity contribution in [3.05, 3.63) is 35.4 Å². The van der Waals surface area contributed by atoms with Crippen LogP contribution in [0.1, 0.15) is 37.3 Å². The van der Waals surface area contributed by atoms with Gasteiger partial charge >= 0.3 is 0 Å². The van der Waals surface area contributed by atoms with Crippen LogP contribution in [0.3, 0.4) is 0 Å². The van der Waals surface area contributed by atoms with E-state index in [2.05, 4.69) is 53.4 Å². The van der Waals surface area contributed by atoms with Crippen molar-refractivity contribution in [2.45, 2.75) is 51.4 Å². The van der Waals surface area contributed by atoms with Gasteiger partial charge in [0.15, 0.2) is 0 Å². The Balaban J connectivity index is 1.65. The monoisotopic (exact) mass is 287 g/mol. The second-order valence-electron chi connectivity index (χ2n) is 6.86. The van der Waals surface area contributed by atoms with Crippen molar-refractivity contribution in [2.24, 2.45) is 0 Å². The van der Waals surface area contributed by atoms with Gasteiger partial charge in [0.2, 0.25) is 0 Å². The van der Waals surface area contributed by atoms with Crippen LogP contribution in [-0.2, 0) is 13.1 Å². The molecule has 1 aromatic carbocycles. The molecule has 1 N–H and O–H groups in total. The Morgan fingerprint density at radius 3 is 2.67 bits per heavy atom. The molecule has 3 heteroatoms. The zero-order chi connectivity index (χ0) is 14.7. The molecule has 0 radical (unpaired) electrons. The van der Waals surface area contributed by atoms with Crippen molar-refractivity contribution in [3.63, 3.8) is 0 Å². The van der Waals surface area contributed by atoms with Gasteiger partial charge in [-0.3, -0.25) is 4.90 Å². The molecule has 2 aliphatic rings. The maximum absolute atomic E-state index is 3.65. The fourth-order valence-corrected chi connectivity index (χ4v) is 3.30. The Kier molecular flexibility index (Phi) is 4.94. The van der Waals surface area contributed by atoms with Gasteiger partial charge in [0.05, 0.1) is 0 Å². The molecule has 1 aromatic rings. The van der Waals surface area contributed by atoms with E-state index >= 15 is 0 Å². The molecule has 1 unspecified atom stereocenters. The average Bonchev–Trinajstić information content (AvgIpc) is 3.29. The first kappa shape index (κ1) is 15.0. The zero-order valence-electron chi connectivity index (χ0n) is 13.5. The second kappa shape index (κ2) is 6.91. The molecule has 3 rings (SSSR count). The molecule has 21 heavy (non-hydrogen) atoms. The molecule has 1 aliphatic carbocycles. The van der Waals surface area contributed by atoms with Gasteiger partial charge in [-0.25, -0.2) is 0 Å². The van der Waals surface area contributed by atoms with Gasteiger partial charge in [-0.1, -0.05) is 24.3 Å². The molecule has 116 valence electrons. The largest absolute Gasteiger partial charge is 0.310 e. The zero-order valence-corrected chi connectivity index (χ0v) is 13.5. The summed E-state index contributed by atoms with van der Waals surface area (Å²) >= 11 is 0. The van der Waals surface area contributed by atoms with E-state index < -0.39 is 0 Å². The summed E-state index contributed by atoms with van der Waals surface area (Å²) < 4.78 is 0. The van der Waals surface area contributed by atoms with E-state index in [-0.39, 0.29) is 0 Å². The lowest BCUT2D eigenvalue weighted by atomic mass is 10.1. The van der Waals surface area contributed by atoms with Crippen LogP contribution in [0.5, 0.6) is 0 Å². The van der Waals surface area contributed by atoms with Gasteiger partial charge < -0.3 is 10.2 Å². The molecule has 1 saturated carbocycles. The average molecular weight is 287 g/mol. The van der Waals surface area contributed by atoms with Crippen LogP contribution in [-0.4, -0.2) is 48.6 Å². The van der Waals surface area contributed by atoms with Crippen LogP contribution in [0.25, 0.3) is 0 Å². The minimum absolute atomic E-state index is 0.641. The third kappa shape index (κ3) is 4.29. The van der Waals surface area contributed by atoms with Crippen LogP contribution in [0.2, 0.25) is 0 Å². The maximum Gasteiger partial charge on any atom is 0.0240 e. The summed E-state index contributed by atoms with van der Waals surface area (Å²) in [4.78, 5) is 5.12. The third-order valence-corrected chi connectivity index (χ3v) is 4.83. The molecule has 1 heterocycles. The first-order chi connectivity index (χ1) is 10.2. The number of nitrogens with one attached hydrogen (secondary N) is 1. The van der Waals surface area contributed by atoms with Gasteiger partial charge in [-0.2, -0.15) is 0 Å². The highest BCUT2D eigenvalue weighted by atomic mass is 15.2. The highest BCUT2D eigenvalue weighted by molar-refractivity contribution is 5.27. The molecule has 0 aromatic heterocycles. The molecule has 1 atom stereocenters. The summed E-state index contributed by atoms with van der Waals surface area (Å²) in [7, 11) is 2.24. The third-order valence-electron chi connectivity index (χ3n) is 4.83. The maximum atomic E-state index is 3.65. The number of likely N-dealkylation sites (N-methyl/N-ethyl adjacent to an activating group) is 1. The van der Waals surface area contributed by atoms with Crippen molar-refractivity contribution < 1.29 is 0 Å². The standard InChI is InChI=1S/C18H29N3/c1-15-13-20(2)10-5-11-21(15)14-17-7-4-3-6-16(17)12-19-18-8-9-18/h3-4,6-7,15,18-19H,5,8-14H2,1-2H3. The lowest BCUT2D eigenvalue weighted by Crippen LogP contribution is -2.37. The van der Waals surface area contributed by atoms with Gasteiger partial charge in [0, 0.05) is 38.3 Å². The first-order valence-electron chi connectivity index (χ1n) is 8.45. The Bertz CT molecular complexity index is 456. The Labute approximate surface area is 129 Å². The smallest absolute Gasteiger partial charge is 0.0240 e. The summed E-state index contributed by atoms with van der Waals surface area (Å²) in [6.07, 6.45) is 4.00. The van der Waals surface area contributed by atoms with Crippen molar-refractivity contribution in [1.82, 2.24) is 15.1 Å². The summed E-state index contributed by atoms with van der Waals surface area (Å²) in [5, 5.41) is 3.65. The minimum atomic E-state index is 0.641. The summed E-state index contributed by atoms with van der Waals surface area (Å²) in [6.45, 7) is 8.12. The predicted molar refractivity (Wildman–Crippen MR) is 88.3 cm³/mol. The summed E-state index contributed by atoms with van der Waals surface area (Å²) in [6, 6.07) is 10.4. The van der Waals surface area contributed by atoms with Gasteiger partial charge in [-0.05, 0) is 50.9 Å². The molecular formula is C18H29N3. The summed E-state index contributed by atoms with van der Waals surface area (Å²) in [5.41, 5.74) is 2.98. The number of rotatable bonds is 5. The van der Waals surface area contributed by atoms with Crippen LogP contribution >= 0.6 is 0 Å². The molecule has 1 saturated heterocycles. The second-order valence-corrected chi connectivity index (χ2v) is 6.86. The Morgan fingerprint density at radius 1 is 1.14 bits per heavy atom. The normalized spacial score (nSPS) is 25.0. The van der Waals surface area contributed by atoms with E-state index in [0.717, 1.165) is 19.1 Å². The van der Waals surface area contributed by atoms with Gasteiger partial charge in [-0.15, -0.1) is 0 Å². The lowest BCUT2D eigenvalue weighted by Gasteiger charge is -2.28. The number of hydrogen-bond donors (Lipinski definition) is 1. The Morgan fingerprint density at radius 2 is 1.90 bits per heavy atom. The molecule has 2 fully saturated rings. The van der Waals surface area contributed by atoms with Crippen LogP contribution in [0.4, 0.5) is 0 Å². The van der Waals surface area contributed by atoms with E-state index in [1.54, 1.807) is 0 Å².